The molecule has 0 fully saturated rings. The molecule has 0 heterocycles. The largest absolute Gasteiger partial charge is 0.464 e. The third-order valence-electron chi connectivity index (χ3n) is 6.77. The van der Waals surface area contributed by atoms with Crippen LogP contribution in [0.15, 0.2) is 48.5 Å². The molecule has 2 aromatic carbocycles. The highest BCUT2D eigenvalue weighted by Crippen LogP contribution is 2.33. The van der Waals surface area contributed by atoms with Gasteiger partial charge in [0.05, 0.1) is 11.4 Å². The van der Waals surface area contributed by atoms with E-state index in [4.69, 9.17) is 0 Å². The number of carboxylic acid groups (broad SMARTS) is 1. The highest BCUT2D eigenvalue weighted by Gasteiger charge is 2.21. The summed E-state index contributed by atoms with van der Waals surface area (Å²) in [4.78, 5) is 13.8. The Kier molecular flexibility index (Phi) is 14.1. The molecule has 0 aliphatic rings. The van der Waals surface area contributed by atoms with Crippen LogP contribution in [-0.4, -0.2) is 11.2 Å². The van der Waals surface area contributed by atoms with E-state index < -0.39 is 6.09 Å². The number of anilines is 2. The number of aryl methyl sites for hydroxylation is 1. The van der Waals surface area contributed by atoms with Crippen molar-refractivity contribution in [2.45, 2.75) is 117 Å². The van der Waals surface area contributed by atoms with Gasteiger partial charge in [0.25, 0.3) is 0 Å². The molecule has 0 spiro atoms. The summed E-state index contributed by atoms with van der Waals surface area (Å²) in [6, 6.07) is 15.8. The number of benzene rings is 2. The number of amides is 1. The number of rotatable bonds is 18. The molecule has 188 valence electrons. The Hall–Kier alpha value is -2.29. The maximum absolute atomic E-state index is 12.4. The topological polar surface area (TPSA) is 40.5 Å². The van der Waals surface area contributed by atoms with E-state index in [2.05, 4.69) is 19.9 Å². The summed E-state index contributed by atoms with van der Waals surface area (Å²) in [7, 11) is 0. The van der Waals surface area contributed by atoms with Crippen molar-refractivity contribution in [3.63, 3.8) is 0 Å². The van der Waals surface area contributed by atoms with Gasteiger partial charge in [-0.3, -0.25) is 0 Å². The molecule has 34 heavy (non-hydrogen) atoms. The molecule has 0 aliphatic heterocycles. The van der Waals surface area contributed by atoms with E-state index in [1.54, 1.807) is 0 Å². The highest BCUT2D eigenvalue weighted by molar-refractivity contribution is 5.95. The van der Waals surface area contributed by atoms with Gasteiger partial charge in [-0.15, -0.1) is 0 Å². The van der Waals surface area contributed by atoms with Crippen LogP contribution in [0.2, 0.25) is 0 Å². The summed E-state index contributed by atoms with van der Waals surface area (Å²) in [6.07, 6.45) is 19.0. The summed E-state index contributed by atoms with van der Waals surface area (Å²) >= 11 is 0. The summed E-state index contributed by atoms with van der Waals surface area (Å²) < 4.78 is 0. The molecule has 1 N–H and O–H groups in total. The maximum atomic E-state index is 12.4. The Morgan fingerprint density at radius 2 is 1.18 bits per heavy atom. The summed E-state index contributed by atoms with van der Waals surface area (Å²) in [5.41, 5.74) is 4.11. The van der Waals surface area contributed by atoms with E-state index in [0.29, 0.717) is 5.69 Å². The molecular weight excluding hydrogens is 418 g/mol. The summed E-state index contributed by atoms with van der Waals surface area (Å²) in [5.74, 6) is 0. The molecule has 2 aromatic rings. The lowest BCUT2D eigenvalue weighted by Crippen LogP contribution is -2.25. The second kappa shape index (κ2) is 17.2. The van der Waals surface area contributed by atoms with Crippen molar-refractivity contribution in [1.82, 2.24) is 0 Å². The number of carbonyl (C=O) groups is 1. The minimum Gasteiger partial charge on any atom is -0.464 e. The molecular formula is C31H47NO2. The monoisotopic (exact) mass is 465 g/mol. The Balaban J connectivity index is 2.12. The SMILES string of the molecule is CCCCCCCCCc1cccc(N(C(=O)O)c2ccccc2)c1CCCCCCCCC. The molecule has 0 saturated carbocycles. The van der Waals surface area contributed by atoms with Gasteiger partial charge < -0.3 is 5.11 Å². The first-order chi connectivity index (χ1) is 16.7. The van der Waals surface area contributed by atoms with Crippen molar-refractivity contribution in [2.75, 3.05) is 4.90 Å². The first-order valence-corrected chi connectivity index (χ1v) is 13.9. The maximum Gasteiger partial charge on any atom is 0.416 e. The fraction of sp³-hybridized carbons (Fsp3) is 0.581. The third-order valence-corrected chi connectivity index (χ3v) is 6.77. The fourth-order valence-electron chi connectivity index (χ4n) is 4.81. The predicted molar refractivity (Wildman–Crippen MR) is 146 cm³/mol. The molecule has 1 amide bonds. The standard InChI is InChI=1S/C31H47NO2/c1-3-5-7-9-11-13-16-21-27-22-20-26-30(29(27)25-19-14-12-10-8-6-4-2)32(31(33)34)28-23-17-15-18-24-28/h15,17-18,20,22-24,26H,3-14,16,19,21,25H2,1-2H3,(H,33,34). The minimum absolute atomic E-state index is 0.712. The van der Waals surface area contributed by atoms with E-state index in [0.717, 1.165) is 24.9 Å². The highest BCUT2D eigenvalue weighted by atomic mass is 16.4. The molecule has 0 aliphatic carbocycles. The molecule has 2 rings (SSSR count). The van der Waals surface area contributed by atoms with Gasteiger partial charge in [0, 0.05) is 0 Å². The van der Waals surface area contributed by atoms with Crippen LogP contribution in [0.5, 0.6) is 0 Å². The summed E-state index contributed by atoms with van der Waals surface area (Å²) in [6.45, 7) is 4.51. The first-order valence-electron chi connectivity index (χ1n) is 13.9. The second-order valence-electron chi connectivity index (χ2n) is 9.61. The first kappa shape index (κ1) is 28.0. The normalized spacial score (nSPS) is 11.0. The van der Waals surface area contributed by atoms with Crippen LogP contribution >= 0.6 is 0 Å². The van der Waals surface area contributed by atoms with Gasteiger partial charge in [-0.05, 0) is 55.0 Å². The lowest BCUT2D eigenvalue weighted by atomic mass is 9.94. The van der Waals surface area contributed by atoms with Crippen molar-refractivity contribution < 1.29 is 9.90 Å². The smallest absolute Gasteiger partial charge is 0.416 e. The number of nitrogens with zero attached hydrogens (tertiary/aromatic N) is 1. The number of hydrogen-bond donors (Lipinski definition) is 1. The van der Waals surface area contributed by atoms with Gasteiger partial charge >= 0.3 is 6.09 Å². The van der Waals surface area contributed by atoms with Crippen LogP contribution in [-0.2, 0) is 12.8 Å². The van der Waals surface area contributed by atoms with Crippen molar-refractivity contribution in [3.05, 3.63) is 59.7 Å². The van der Waals surface area contributed by atoms with E-state index in [9.17, 15) is 9.90 Å². The van der Waals surface area contributed by atoms with E-state index in [1.165, 1.54) is 99.5 Å². The van der Waals surface area contributed by atoms with Crippen LogP contribution in [0.1, 0.15) is 115 Å². The Morgan fingerprint density at radius 1 is 0.647 bits per heavy atom. The number of unbranched alkanes of at least 4 members (excludes halogenated alkanes) is 12. The molecule has 0 saturated heterocycles. The zero-order chi connectivity index (χ0) is 24.4. The van der Waals surface area contributed by atoms with Crippen molar-refractivity contribution in [2.24, 2.45) is 0 Å². The van der Waals surface area contributed by atoms with Crippen LogP contribution < -0.4 is 4.90 Å². The Labute approximate surface area is 208 Å². The predicted octanol–water partition coefficient (Wildman–Crippen LogP) is 10.1. The van der Waals surface area contributed by atoms with Gasteiger partial charge in [0.1, 0.15) is 0 Å². The molecule has 0 unspecified atom stereocenters. The quantitative estimate of drug-likeness (QED) is 0.222. The van der Waals surface area contributed by atoms with Crippen LogP contribution in [0, 0.1) is 0 Å². The second-order valence-corrected chi connectivity index (χ2v) is 9.61. The average Bonchev–Trinajstić information content (AvgIpc) is 2.84. The molecule has 0 aromatic heterocycles. The van der Waals surface area contributed by atoms with Gasteiger partial charge in [0.15, 0.2) is 0 Å². The Bertz CT molecular complexity index is 802. The average molecular weight is 466 g/mol. The van der Waals surface area contributed by atoms with Gasteiger partial charge in [-0.2, -0.15) is 0 Å². The molecule has 0 radical (unpaired) electrons. The lowest BCUT2D eigenvalue weighted by molar-refractivity contribution is 0.204. The van der Waals surface area contributed by atoms with Gasteiger partial charge in [-0.1, -0.05) is 121 Å². The van der Waals surface area contributed by atoms with E-state index in [-0.39, 0.29) is 0 Å². The van der Waals surface area contributed by atoms with Crippen molar-refractivity contribution in [1.29, 1.82) is 0 Å². The van der Waals surface area contributed by atoms with Crippen LogP contribution in [0.25, 0.3) is 0 Å². The van der Waals surface area contributed by atoms with Gasteiger partial charge in [0.2, 0.25) is 0 Å². The lowest BCUT2D eigenvalue weighted by Gasteiger charge is -2.24. The third kappa shape index (κ3) is 9.91. The van der Waals surface area contributed by atoms with Crippen molar-refractivity contribution in [3.8, 4) is 0 Å². The van der Waals surface area contributed by atoms with Crippen molar-refractivity contribution >= 4 is 17.5 Å². The Morgan fingerprint density at radius 3 is 1.74 bits per heavy atom. The van der Waals surface area contributed by atoms with E-state index in [1.807, 2.05) is 42.5 Å². The molecule has 3 nitrogen and oxygen atoms in total. The number of hydrogen-bond acceptors (Lipinski definition) is 1. The zero-order valence-corrected chi connectivity index (χ0v) is 21.7. The van der Waals surface area contributed by atoms with Crippen LogP contribution in [0.4, 0.5) is 16.2 Å². The zero-order valence-electron chi connectivity index (χ0n) is 21.7. The minimum atomic E-state index is -0.917. The van der Waals surface area contributed by atoms with Gasteiger partial charge in [-0.25, -0.2) is 9.69 Å². The number of para-hydroxylation sites is 1. The van der Waals surface area contributed by atoms with Crippen LogP contribution in [0.3, 0.4) is 0 Å². The fourth-order valence-corrected chi connectivity index (χ4v) is 4.81. The molecule has 3 heteroatoms. The molecule has 0 atom stereocenters. The molecule has 0 bridgehead atoms. The van der Waals surface area contributed by atoms with E-state index >= 15 is 0 Å². The summed E-state index contributed by atoms with van der Waals surface area (Å²) in [5, 5.41) is 10.1.